The molecule has 12 heteroatoms. The van der Waals surface area contributed by atoms with Crippen LogP contribution in [0.2, 0.25) is 10.0 Å². The summed E-state index contributed by atoms with van der Waals surface area (Å²) < 4.78 is 33.5. The highest BCUT2D eigenvalue weighted by Crippen LogP contribution is 2.54. The third-order valence-electron chi connectivity index (χ3n) is 9.70. The van der Waals surface area contributed by atoms with Crippen molar-refractivity contribution in [2.24, 2.45) is 11.1 Å². The van der Waals surface area contributed by atoms with E-state index in [4.69, 9.17) is 33.7 Å². The number of hydrogen-bond donors (Lipinski definition) is 1. The molecule has 2 heterocycles. The van der Waals surface area contributed by atoms with Crippen LogP contribution in [0.5, 0.6) is 0 Å². The van der Waals surface area contributed by atoms with Gasteiger partial charge in [0.05, 0.1) is 29.9 Å². The van der Waals surface area contributed by atoms with Gasteiger partial charge in [0, 0.05) is 55.1 Å². The van der Waals surface area contributed by atoms with Gasteiger partial charge in [0.2, 0.25) is 21.8 Å². The zero-order valence-corrected chi connectivity index (χ0v) is 28.4. The van der Waals surface area contributed by atoms with Crippen molar-refractivity contribution in [1.82, 2.24) is 14.1 Å². The predicted octanol–water partition coefficient (Wildman–Crippen LogP) is 4.84. The second-order valence-electron chi connectivity index (χ2n) is 12.8. The summed E-state index contributed by atoms with van der Waals surface area (Å²) in [5.74, 6) is -0.968. The first-order chi connectivity index (χ1) is 21.4. The Balaban J connectivity index is 1.64. The van der Waals surface area contributed by atoms with E-state index in [1.54, 1.807) is 7.05 Å². The van der Waals surface area contributed by atoms with Gasteiger partial charge in [0.1, 0.15) is 0 Å². The Morgan fingerprint density at radius 3 is 2.38 bits per heavy atom. The number of likely N-dealkylation sites (N-methyl/N-ethyl adjacent to an activating group) is 1. The largest absolute Gasteiger partial charge is 0.379 e. The number of rotatable bonds is 13. The smallest absolute Gasteiger partial charge is 0.230 e. The minimum atomic E-state index is -3.49. The first kappa shape index (κ1) is 34.1. The summed E-state index contributed by atoms with van der Waals surface area (Å²) in [4.78, 5) is 32.1. The summed E-state index contributed by atoms with van der Waals surface area (Å²) in [7, 11) is -1.89. The van der Waals surface area contributed by atoms with Gasteiger partial charge in [-0.15, -0.1) is 0 Å². The average Bonchev–Trinajstić information content (AvgIpc) is 3.87. The SMILES string of the molecule is CCC(CN(C)S(=O)(=O)C1CC1)N1C(=O)[C@@](CCN2CCOCC2)(CC(N)=O)C[C@H](c2cccc(Cl)c2)[C@H]1c1ccc(Cl)cc1. The summed E-state index contributed by atoms with van der Waals surface area (Å²) in [6.07, 6.45) is 2.53. The Labute approximate surface area is 277 Å². The van der Waals surface area contributed by atoms with Crippen LogP contribution in [0.3, 0.4) is 0 Å². The number of piperidine rings is 1. The van der Waals surface area contributed by atoms with Crippen LogP contribution in [0.25, 0.3) is 0 Å². The van der Waals surface area contributed by atoms with E-state index in [-0.39, 0.29) is 30.0 Å². The minimum Gasteiger partial charge on any atom is -0.379 e. The molecular formula is C33H44Cl2N4O5S. The third kappa shape index (κ3) is 7.68. The Morgan fingerprint density at radius 2 is 1.78 bits per heavy atom. The molecule has 2 saturated heterocycles. The van der Waals surface area contributed by atoms with Gasteiger partial charge in [0.15, 0.2) is 0 Å². The number of ether oxygens (including phenoxy) is 1. The summed E-state index contributed by atoms with van der Waals surface area (Å²) in [5.41, 5.74) is 6.64. The molecule has 0 bridgehead atoms. The molecule has 4 atom stereocenters. The Morgan fingerprint density at radius 1 is 1.09 bits per heavy atom. The molecule has 9 nitrogen and oxygen atoms in total. The highest BCUT2D eigenvalue weighted by molar-refractivity contribution is 7.90. The van der Waals surface area contributed by atoms with Crippen molar-refractivity contribution < 1.29 is 22.7 Å². The molecule has 2 N–H and O–H groups in total. The molecule has 0 radical (unpaired) electrons. The molecule has 2 aliphatic heterocycles. The molecule has 0 spiro atoms. The van der Waals surface area contributed by atoms with E-state index in [1.807, 2.05) is 60.4 Å². The van der Waals surface area contributed by atoms with Gasteiger partial charge in [-0.3, -0.25) is 14.5 Å². The fraction of sp³-hybridized carbons (Fsp3) is 0.576. The van der Waals surface area contributed by atoms with Crippen LogP contribution in [0.4, 0.5) is 0 Å². The number of carbonyl (C=O) groups excluding carboxylic acids is 2. The van der Waals surface area contributed by atoms with Gasteiger partial charge >= 0.3 is 0 Å². The van der Waals surface area contributed by atoms with E-state index in [0.717, 1.165) is 24.2 Å². The van der Waals surface area contributed by atoms with Crippen molar-refractivity contribution in [2.45, 2.75) is 68.7 Å². The number of nitrogens with zero attached hydrogens (tertiary/aromatic N) is 3. The number of carbonyl (C=O) groups is 2. The first-order valence-corrected chi connectivity index (χ1v) is 18.1. The summed E-state index contributed by atoms with van der Waals surface area (Å²) >= 11 is 12.9. The van der Waals surface area contributed by atoms with Crippen LogP contribution in [0.1, 0.15) is 68.5 Å². The molecule has 1 saturated carbocycles. The molecular weight excluding hydrogens is 635 g/mol. The lowest BCUT2D eigenvalue weighted by atomic mass is 9.64. The van der Waals surface area contributed by atoms with E-state index in [0.29, 0.717) is 61.9 Å². The van der Waals surface area contributed by atoms with E-state index < -0.39 is 33.4 Å². The molecule has 45 heavy (non-hydrogen) atoms. The zero-order chi connectivity index (χ0) is 32.4. The number of hydrogen-bond acceptors (Lipinski definition) is 6. The number of nitrogens with two attached hydrogens (primary N) is 1. The summed E-state index contributed by atoms with van der Waals surface area (Å²) in [6.45, 7) is 5.45. The van der Waals surface area contributed by atoms with Crippen molar-refractivity contribution in [3.63, 3.8) is 0 Å². The lowest BCUT2D eigenvalue weighted by molar-refractivity contribution is -0.160. The topological polar surface area (TPSA) is 113 Å². The fourth-order valence-electron chi connectivity index (χ4n) is 7.11. The van der Waals surface area contributed by atoms with Crippen molar-refractivity contribution >= 4 is 45.0 Å². The standard InChI is InChI=1S/C33H44Cl2N4O5S/c1-3-27(22-37(2)45(42,43)28-11-12-28)39-31(23-7-9-25(34)10-8-23)29(24-5-4-6-26(35)19-24)20-33(32(39)41,21-30(36)40)13-14-38-15-17-44-18-16-38/h4-10,19,27-29,31H,3,11-18,20-22H2,1-2H3,(H2,36,40)/t27?,29-,31-,33-/m1/s1. The molecule has 246 valence electrons. The Kier molecular flexibility index (Phi) is 10.8. The molecule has 1 aliphatic carbocycles. The van der Waals surface area contributed by atoms with Gasteiger partial charge in [0.25, 0.3) is 0 Å². The molecule has 3 aliphatic rings. The highest BCUT2D eigenvalue weighted by atomic mass is 35.5. The lowest BCUT2D eigenvalue weighted by Crippen LogP contribution is -2.60. The van der Waals surface area contributed by atoms with Gasteiger partial charge in [-0.05, 0) is 74.0 Å². The molecule has 2 amide bonds. The zero-order valence-electron chi connectivity index (χ0n) is 26.0. The predicted molar refractivity (Wildman–Crippen MR) is 177 cm³/mol. The van der Waals surface area contributed by atoms with Gasteiger partial charge in [-0.1, -0.05) is 54.4 Å². The van der Waals surface area contributed by atoms with E-state index >= 15 is 4.79 Å². The van der Waals surface area contributed by atoms with Crippen LogP contribution < -0.4 is 5.73 Å². The van der Waals surface area contributed by atoms with E-state index in [2.05, 4.69) is 4.90 Å². The number of primary amides is 1. The van der Waals surface area contributed by atoms with Crippen LogP contribution in [0, 0.1) is 5.41 Å². The number of halogens is 2. The van der Waals surface area contributed by atoms with E-state index in [9.17, 15) is 13.2 Å². The molecule has 3 fully saturated rings. The van der Waals surface area contributed by atoms with Crippen molar-refractivity contribution in [2.75, 3.05) is 46.4 Å². The minimum absolute atomic E-state index is 0.107. The monoisotopic (exact) mass is 678 g/mol. The van der Waals surface area contributed by atoms with Crippen LogP contribution in [-0.2, 0) is 24.3 Å². The van der Waals surface area contributed by atoms with E-state index in [1.165, 1.54) is 4.31 Å². The van der Waals surface area contributed by atoms with Gasteiger partial charge < -0.3 is 15.4 Å². The second-order valence-corrected chi connectivity index (χ2v) is 16.0. The normalized spacial score (nSPS) is 25.4. The molecule has 1 unspecified atom stereocenters. The van der Waals surface area contributed by atoms with Crippen molar-refractivity contribution in [3.05, 3.63) is 69.7 Å². The van der Waals surface area contributed by atoms with Gasteiger partial charge in [-0.2, -0.15) is 0 Å². The molecule has 2 aromatic carbocycles. The maximum absolute atomic E-state index is 15.2. The number of likely N-dealkylation sites (tertiary alicyclic amines) is 1. The molecule has 5 rings (SSSR count). The van der Waals surface area contributed by atoms with Gasteiger partial charge in [-0.25, -0.2) is 12.7 Å². The number of amides is 2. The fourth-order valence-corrected chi connectivity index (χ4v) is 9.05. The molecule has 2 aromatic rings. The third-order valence-corrected chi connectivity index (χ3v) is 12.5. The summed E-state index contributed by atoms with van der Waals surface area (Å²) in [6, 6.07) is 14.2. The second kappa shape index (κ2) is 14.3. The maximum Gasteiger partial charge on any atom is 0.230 e. The van der Waals surface area contributed by atoms with Crippen molar-refractivity contribution in [1.29, 1.82) is 0 Å². The lowest BCUT2D eigenvalue weighted by Gasteiger charge is -2.53. The Hall–Kier alpha value is -2.21. The summed E-state index contributed by atoms with van der Waals surface area (Å²) in [5, 5.41) is 0.773. The van der Waals surface area contributed by atoms with Crippen LogP contribution in [-0.4, -0.2) is 92.1 Å². The number of morpholine rings is 1. The maximum atomic E-state index is 15.2. The Bertz CT molecular complexity index is 1470. The van der Waals surface area contributed by atoms with Crippen LogP contribution >= 0.6 is 23.2 Å². The van der Waals surface area contributed by atoms with Crippen molar-refractivity contribution in [3.8, 4) is 0 Å². The first-order valence-electron chi connectivity index (χ1n) is 15.8. The number of benzene rings is 2. The van der Waals surface area contributed by atoms with Crippen LogP contribution in [0.15, 0.2) is 48.5 Å². The average molecular weight is 680 g/mol. The quantitative estimate of drug-likeness (QED) is 0.325. The number of sulfonamides is 1. The highest BCUT2D eigenvalue weighted by Gasteiger charge is 2.54. The molecule has 0 aromatic heterocycles.